The Kier molecular flexibility index (Phi) is 4.79. The molecule has 0 aliphatic rings. The zero-order valence-electron chi connectivity index (χ0n) is 11.0. The third kappa shape index (κ3) is 3.08. The quantitative estimate of drug-likeness (QED) is 0.495. The lowest BCUT2D eigenvalue weighted by Crippen LogP contribution is -2.29. The molecule has 0 aliphatic carbocycles. The second-order valence-electron chi connectivity index (χ2n) is 4.35. The van der Waals surface area contributed by atoms with Gasteiger partial charge >= 0.3 is 0 Å². The minimum absolute atomic E-state index is 0.0160. The van der Waals surface area contributed by atoms with Gasteiger partial charge in [-0.15, -0.1) is 0 Å². The number of aryl methyl sites for hydroxylation is 1. The van der Waals surface area contributed by atoms with Crippen molar-refractivity contribution >= 4 is 22.6 Å². The van der Waals surface area contributed by atoms with E-state index >= 15 is 0 Å². The minimum atomic E-state index is -0.0160. The fourth-order valence-corrected chi connectivity index (χ4v) is 2.73. The maximum Gasteiger partial charge on any atom is 0.118 e. The van der Waals surface area contributed by atoms with Crippen LogP contribution in [0.4, 0.5) is 0 Å². The molecule has 0 saturated carbocycles. The van der Waals surface area contributed by atoms with Crippen LogP contribution in [0.3, 0.4) is 0 Å². The second kappa shape index (κ2) is 6.36. The molecule has 0 heterocycles. The van der Waals surface area contributed by atoms with E-state index < -0.39 is 0 Å². The number of nitrogens with one attached hydrogen (secondary N) is 1. The summed E-state index contributed by atoms with van der Waals surface area (Å²) in [6.45, 7) is 2.10. The molecule has 0 radical (unpaired) electrons. The fourth-order valence-electron chi connectivity index (χ4n) is 2.05. The smallest absolute Gasteiger partial charge is 0.118 e. The molecule has 0 aromatic heterocycles. The highest BCUT2D eigenvalue weighted by molar-refractivity contribution is 14.1. The topological polar surface area (TPSA) is 47.3 Å². The van der Waals surface area contributed by atoms with Crippen LogP contribution in [-0.4, -0.2) is 7.11 Å². The second-order valence-corrected chi connectivity index (χ2v) is 5.43. The maximum absolute atomic E-state index is 5.74. The molecule has 0 aliphatic heterocycles. The average molecular weight is 368 g/mol. The molecule has 2 rings (SSSR count). The van der Waals surface area contributed by atoms with E-state index in [1.165, 1.54) is 14.7 Å². The van der Waals surface area contributed by atoms with Crippen LogP contribution in [0.1, 0.15) is 22.7 Å². The van der Waals surface area contributed by atoms with Crippen molar-refractivity contribution in [3.63, 3.8) is 0 Å². The van der Waals surface area contributed by atoms with Crippen molar-refractivity contribution in [2.45, 2.75) is 13.0 Å². The summed E-state index contributed by atoms with van der Waals surface area (Å²) in [5.74, 6) is 6.59. The monoisotopic (exact) mass is 368 g/mol. The lowest BCUT2D eigenvalue weighted by atomic mass is 9.98. The normalized spacial score (nSPS) is 12.2. The zero-order valence-corrected chi connectivity index (χ0v) is 13.1. The molecule has 4 heteroatoms. The lowest BCUT2D eigenvalue weighted by Gasteiger charge is -2.19. The third-order valence-electron chi connectivity index (χ3n) is 3.15. The van der Waals surface area contributed by atoms with Gasteiger partial charge in [-0.05, 0) is 58.3 Å². The number of halogens is 1. The van der Waals surface area contributed by atoms with Gasteiger partial charge in [0.05, 0.1) is 13.2 Å². The molecule has 0 bridgehead atoms. The Hall–Kier alpha value is -1.11. The van der Waals surface area contributed by atoms with Gasteiger partial charge in [-0.3, -0.25) is 5.84 Å². The van der Waals surface area contributed by atoms with Crippen LogP contribution < -0.4 is 16.0 Å². The lowest BCUT2D eigenvalue weighted by molar-refractivity contribution is 0.414. The van der Waals surface area contributed by atoms with E-state index in [4.69, 9.17) is 10.6 Å². The van der Waals surface area contributed by atoms with Gasteiger partial charge in [0.2, 0.25) is 0 Å². The standard InChI is InChI=1S/C15H17IN2O/c1-10-4-3-5-13(14(10)16)15(18-17)11-6-8-12(19-2)9-7-11/h3-9,15,18H,17H2,1-2H3. The van der Waals surface area contributed by atoms with Crippen molar-refractivity contribution in [2.24, 2.45) is 5.84 Å². The molecular weight excluding hydrogens is 351 g/mol. The summed E-state index contributed by atoms with van der Waals surface area (Å²) in [7, 11) is 1.66. The van der Waals surface area contributed by atoms with Gasteiger partial charge in [0.15, 0.2) is 0 Å². The van der Waals surface area contributed by atoms with Crippen LogP contribution in [0.2, 0.25) is 0 Å². The first-order valence-corrected chi connectivity index (χ1v) is 7.10. The number of hydrogen-bond donors (Lipinski definition) is 2. The summed E-state index contributed by atoms with van der Waals surface area (Å²) >= 11 is 2.36. The molecule has 0 saturated heterocycles. The predicted octanol–water partition coefficient (Wildman–Crippen LogP) is 3.16. The summed E-state index contributed by atoms with van der Waals surface area (Å²) in [6, 6.07) is 14.2. The van der Waals surface area contributed by atoms with Crippen LogP contribution in [0, 0.1) is 10.5 Å². The molecule has 0 fully saturated rings. The number of ether oxygens (including phenoxy) is 1. The van der Waals surface area contributed by atoms with Gasteiger partial charge in [0.1, 0.15) is 5.75 Å². The van der Waals surface area contributed by atoms with E-state index in [0.29, 0.717) is 0 Å². The third-order valence-corrected chi connectivity index (χ3v) is 4.62. The largest absolute Gasteiger partial charge is 0.497 e. The highest BCUT2D eigenvalue weighted by atomic mass is 127. The number of benzene rings is 2. The number of hydrazine groups is 1. The van der Waals surface area contributed by atoms with Crippen LogP contribution in [0.25, 0.3) is 0 Å². The Morgan fingerprint density at radius 3 is 2.42 bits per heavy atom. The van der Waals surface area contributed by atoms with Crippen molar-refractivity contribution < 1.29 is 4.74 Å². The highest BCUT2D eigenvalue weighted by Crippen LogP contribution is 2.28. The van der Waals surface area contributed by atoms with E-state index in [-0.39, 0.29) is 6.04 Å². The van der Waals surface area contributed by atoms with Crippen molar-refractivity contribution in [1.29, 1.82) is 0 Å². The van der Waals surface area contributed by atoms with Gasteiger partial charge in [-0.2, -0.15) is 0 Å². The molecule has 100 valence electrons. The van der Waals surface area contributed by atoms with Gasteiger partial charge in [0, 0.05) is 3.57 Å². The Bertz CT molecular complexity index is 555. The minimum Gasteiger partial charge on any atom is -0.497 e. The van der Waals surface area contributed by atoms with Crippen LogP contribution in [-0.2, 0) is 0 Å². The van der Waals surface area contributed by atoms with Gasteiger partial charge in [-0.1, -0.05) is 30.3 Å². The average Bonchev–Trinajstić information content (AvgIpc) is 2.45. The Labute approximate surface area is 127 Å². The van der Waals surface area contributed by atoms with Crippen molar-refractivity contribution in [1.82, 2.24) is 5.43 Å². The van der Waals surface area contributed by atoms with E-state index in [1.807, 2.05) is 24.3 Å². The fraction of sp³-hybridized carbons (Fsp3) is 0.200. The van der Waals surface area contributed by atoms with Gasteiger partial charge < -0.3 is 4.74 Å². The summed E-state index contributed by atoms with van der Waals surface area (Å²) in [4.78, 5) is 0. The molecule has 0 spiro atoms. The van der Waals surface area contributed by atoms with Gasteiger partial charge in [0.25, 0.3) is 0 Å². The first-order valence-electron chi connectivity index (χ1n) is 6.02. The van der Waals surface area contributed by atoms with Crippen molar-refractivity contribution in [3.05, 3.63) is 62.7 Å². The molecule has 1 unspecified atom stereocenters. The van der Waals surface area contributed by atoms with Crippen LogP contribution >= 0.6 is 22.6 Å². The van der Waals surface area contributed by atoms with E-state index in [1.54, 1.807) is 7.11 Å². The molecule has 3 nitrogen and oxygen atoms in total. The molecule has 2 aromatic rings. The van der Waals surface area contributed by atoms with Crippen molar-refractivity contribution in [3.8, 4) is 5.75 Å². The Morgan fingerprint density at radius 2 is 1.84 bits per heavy atom. The summed E-state index contributed by atoms with van der Waals surface area (Å²) in [5, 5.41) is 0. The summed E-state index contributed by atoms with van der Waals surface area (Å²) in [5.41, 5.74) is 6.46. The maximum atomic E-state index is 5.74. The molecule has 3 N–H and O–H groups in total. The Morgan fingerprint density at radius 1 is 1.16 bits per heavy atom. The predicted molar refractivity (Wildman–Crippen MR) is 86.1 cm³/mol. The van der Waals surface area contributed by atoms with E-state index in [9.17, 15) is 0 Å². The molecular formula is C15H17IN2O. The molecule has 1 atom stereocenters. The van der Waals surface area contributed by atoms with E-state index in [2.05, 4.69) is 53.1 Å². The van der Waals surface area contributed by atoms with Crippen molar-refractivity contribution in [2.75, 3.05) is 7.11 Å². The van der Waals surface area contributed by atoms with E-state index in [0.717, 1.165) is 11.3 Å². The highest BCUT2D eigenvalue weighted by Gasteiger charge is 2.16. The number of hydrogen-bond acceptors (Lipinski definition) is 3. The SMILES string of the molecule is COc1ccc(C(NN)c2cccc(C)c2I)cc1. The molecule has 19 heavy (non-hydrogen) atoms. The van der Waals surface area contributed by atoms with Crippen LogP contribution in [0.15, 0.2) is 42.5 Å². The first kappa shape index (κ1) is 14.3. The number of rotatable bonds is 4. The van der Waals surface area contributed by atoms with Crippen LogP contribution in [0.5, 0.6) is 5.75 Å². The number of methoxy groups -OCH3 is 1. The Balaban J connectivity index is 2.40. The summed E-state index contributed by atoms with van der Waals surface area (Å²) in [6.07, 6.45) is 0. The molecule has 2 aromatic carbocycles. The summed E-state index contributed by atoms with van der Waals surface area (Å²) < 4.78 is 6.41. The zero-order chi connectivity index (χ0) is 13.8. The number of nitrogens with two attached hydrogens (primary N) is 1. The van der Waals surface area contributed by atoms with Gasteiger partial charge in [-0.25, -0.2) is 5.43 Å². The molecule has 0 amide bonds. The first-order chi connectivity index (χ1) is 9.17.